The molecule has 0 atom stereocenters. The first-order valence-corrected chi connectivity index (χ1v) is 4.74. The second kappa shape index (κ2) is 5.64. The first kappa shape index (κ1) is 11.9. The SMILES string of the molecule is CCNC(=O)CNc1ccc([N+](=O)[O-])cn1. The number of hydrogen-bond donors (Lipinski definition) is 2. The maximum Gasteiger partial charge on any atom is 0.287 e. The first-order valence-electron chi connectivity index (χ1n) is 4.74. The molecule has 0 saturated carbocycles. The van der Waals surface area contributed by atoms with Gasteiger partial charge in [-0.2, -0.15) is 0 Å². The number of rotatable bonds is 5. The molecule has 2 N–H and O–H groups in total. The van der Waals surface area contributed by atoms with E-state index in [1.54, 1.807) is 0 Å². The van der Waals surface area contributed by atoms with Gasteiger partial charge in [-0.15, -0.1) is 0 Å². The van der Waals surface area contributed by atoms with Crippen LogP contribution in [0, 0.1) is 10.1 Å². The van der Waals surface area contributed by atoms with Crippen LogP contribution >= 0.6 is 0 Å². The third-order valence-corrected chi connectivity index (χ3v) is 1.76. The number of nitrogens with one attached hydrogen (secondary N) is 2. The molecule has 1 heterocycles. The summed E-state index contributed by atoms with van der Waals surface area (Å²) in [5.74, 6) is 0.277. The standard InChI is InChI=1S/C9H12N4O3/c1-2-10-9(14)6-12-8-4-3-7(5-11-8)13(15)16/h3-5H,2,6H2,1H3,(H,10,14)(H,11,12). The van der Waals surface area contributed by atoms with E-state index in [9.17, 15) is 14.9 Å². The Hall–Kier alpha value is -2.18. The maximum atomic E-state index is 11.1. The largest absolute Gasteiger partial charge is 0.361 e. The summed E-state index contributed by atoms with van der Waals surface area (Å²) >= 11 is 0. The van der Waals surface area contributed by atoms with Gasteiger partial charge in [0.05, 0.1) is 11.5 Å². The van der Waals surface area contributed by atoms with Crippen molar-refractivity contribution in [3.8, 4) is 0 Å². The van der Waals surface area contributed by atoms with Crippen LogP contribution in [0.5, 0.6) is 0 Å². The molecule has 0 unspecified atom stereocenters. The Morgan fingerprint density at radius 3 is 2.81 bits per heavy atom. The van der Waals surface area contributed by atoms with Crippen molar-refractivity contribution < 1.29 is 9.72 Å². The van der Waals surface area contributed by atoms with E-state index in [-0.39, 0.29) is 18.1 Å². The molecule has 0 aromatic carbocycles. The average molecular weight is 224 g/mol. The van der Waals surface area contributed by atoms with Gasteiger partial charge in [-0.1, -0.05) is 0 Å². The summed E-state index contributed by atoms with van der Waals surface area (Å²) in [6, 6.07) is 2.78. The highest BCUT2D eigenvalue weighted by Crippen LogP contribution is 2.11. The zero-order chi connectivity index (χ0) is 12.0. The fourth-order valence-corrected chi connectivity index (χ4v) is 1.03. The van der Waals surface area contributed by atoms with Gasteiger partial charge in [-0.05, 0) is 13.0 Å². The number of nitrogens with zero attached hydrogens (tertiary/aromatic N) is 2. The Morgan fingerprint density at radius 2 is 2.31 bits per heavy atom. The van der Waals surface area contributed by atoms with Crippen molar-refractivity contribution in [2.75, 3.05) is 18.4 Å². The van der Waals surface area contributed by atoms with E-state index < -0.39 is 4.92 Å². The fourth-order valence-electron chi connectivity index (χ4n) is 1.03. The lowest BCUT2D eigenvalue weighted by Gasteiger charge is -2.04. The van der Waals surface area contributed by atoms with Crippen LogP contribution in [0.2, 0.25) is 0 Å². The molecule has 1 aromatic heterocycles. The number of amides is 1. The molecule has 0 aliphatic heterocycles. The Bertz CT molecular complexity index is 377. The third-order valence-electron chi connectivity index (χ3n) is 1.76. The van der Waals surface area contributed by atoms with Crippen molar-refractivity contribution in [3.63, 3.8) is 0 Å². The lowest BCUT2D eigenvalue weighted by Crippen LogP contribution is -2.29. The van der Waals surface area contributed by atoms with Gasteiger partial charge < -0.3 is 10.6 Å². The lowest BCUT2D eigenvalue weighted by atomic mass is 10.4. The predicted molar refractivity (Wildman–Crippen MR) is 58.1 cm³/mol. The van der Waals surface area contributed by atoms with Gasteiger partial charge in [0.15, 0.2) is 0 Å². The number of nitro groups is 1. The second-order valence-corrected chi connectivity index (χ2v) is 2.97. The van der Waals surface area contributed by atoms with Crippen molar-refractivity contribution in [2.24, 2.45) is 0 Å². The van der Waals surface area contributed by atoms with E-state index in [2.05, 4.69) is 15.6 Å². The second-order valence-electron chi connectivity index (χ2n) is 2.97. The number of likely N-dealkylation sites (N-methyl/N-ethyl adjacent to an activating group) is 1. The van der Waals surface area contributed by atoms with Crippen LogP contribution in [0.1, 0.15) is 6.92 Å². The molecule has 0 aliphatic rings. The van der Waals surface area contributed by atoms with Gasteiger partial charge in [0, 0.05) is 12.6 Å². The fraction of sp³-hybridized carbons (Fsp3) is 0.333. The van der Waals surface area contributed by atoms with E-state index in [1.807, 2.05) is 6.92 Å². The lowest BCUT2D eigenvalue weighted by molar-refractivity contribution is -0.385. The molecule has 0 saturated heterocycles. The number of pyridine rings is 1. The zero-order valence-corrected chi connectivity index (χ0v) is 8.77. The summed E-state index contributed by atoms with van der Waals surface area (Å²) in [6.45, 7) is 2.48. The highest BCUT2D eigenvalue weighted by Gasteiger charge is 2.05. The van der Waals surface area contributed by atoms with Gasteiger partial charge >= 0.3 is 0 Å². The Balaban J connectivity index is 2.49. The minimum atomic E-state index is -0.527. The van der Waals surface area contributed by atoms with Crippen LogP contribution in [0.4, 0.5) is 11.5 Å². The minimum Gasteiger partial charge on any atom is -0.361 e. The smallest absolute Gasteiger partial charge is 0.287 e. The van der Waals surface area contributed by atoms with Crippen LogP contribution in [0.3, 0.4) is 0 Å². The molecule has 1 amide bonds. The van der Waals surface area contributed by atoms with Crippen LogP contribution in [0.15, 0.2) is 18.3 Å². The highest BCUT2D eigenvalue weighted by atomic mass is 16.6. The molecule has 0 fully saturated rings. The van der Waals surface area contributed by atoms with Crippen LogP contribution in [0.25, 0.3) is 0 Å². The number of carbonyl (C=O) groups is 1. The molecule has 86 valence electrons. The van der Waals surface area contributed by atoms with E-state index in [1.165, 1.54) is 12.1 Å². The quantitative estimate of drug-likeness (QED) is 0.562. The normalized spacial score (nSPS) is 9.56. The molecular formula is C9H12N4O3. The topological polar surface area (TPSA) is 97.2 Å². The molecule has 0 spiro atoms. The monoisotopic (exact) mass is 224 g/mol. The number of carbonyl (C=O) groups excluding carboxylic acids is 1. The van der Waals surface area contributed by atoms with Gasteiger partial charge in [0.1, 0.15) is 12.0 Å². The van der Waals surface area contributed by atoms with E-state index in [0.717, 1.165) is 6.20 Å². The maximum absolute atomic E-state index is 11.1. The van der Waals surface area contributed by atoms with Crippen molar-refractivity contribution in [1.29, 1.82) is 0 Å². The number of anilines is 1. The number of aromatic nitrogens is 1. The Morgan fingerprint density at radius 1 is 1.56 bits per heavy atom. The Kier molecular flexibility index (Phi) is 4.19. The summed E-state index contributed by atoms with van der Waals surface area (Å²) in [5, 5.41) is 15.7. The molecule has 0 aliphatic carbocycles. The van der Waals surface area contributed by atoms with Crippen molar-refractivity contribution in [1.82, 2.24) is 10.3 Å². The summed E-state index contributed by atoms with van der Waals surface area (Å²) < 4.78 is 0. The molecule has 16 heavy (non-hydrogen) atoms. The summed E-state index contributed by atoms with van der Waals surface area (Å²) in [7, 11) is 0. The molecule has 0 bridgehead atoms. The Labute approximate surface area is 92.0 Å². The van der Waals surface area contributed by atoms with Gasteiger partial charge in [0.2, 0.25) is 5.91 Å². The summed E-state index contributed by atoms with van der Waals surface area (Å²) in [5.41, 5.74) is -0.0800. The zero-order valence-electron chi connectivity index (χ0n) is 8.77. The molecule has 0 radical (unpaired) electrons. The summed E-state index contributed by atoms with van der Waals surface area (Å²) in [4.78, 5) is 24.7. The van der Waals surface area contributed by atoms with Gasteiger partial charge in [-0.3, -0.25) is 14.9 Å². The third kappa shape index (κ3) is 3.52. The van der Waals surface area contributed by atoms with Crippen LogP contribution < -0.4 is 10.6 Å². The molecular weight excluding hydrogens is 212 g/mol. The predicted octanol–water partition coefficient (Wildman–Crippen LogP) is 0.538. The molecule has 1 aromatic rings. The molecule has 1 rings (SSSR count). The van der Waals surface area contributed by atoms with E-state index in [0.29, 0.717) is 12.4 Å². The minimum absolute atomic E-state index is 0.0800. The first-order chi connectivity index (χ1) is 7.63. The average Bonchev–Trinajstić information content (AvgIpc) is 2.27. The van der Waals surface area contributed by atoms with Crippen molar-refractivity contribution >= 4 is 17.4 Å². The highest BCUT2D eigenvalue weighted by molar-refractivity contribution is 5.80. The van der Waals surface area contributed by atoms with E-state index in [4.69, 9.17) is 0 Å². The van der Waals surface area contributed by atoms with Crippen LogP contribution in [-0.2, 0) is 4.79 Å². The molecule has 7 heteroatoms. The van der Waals surface area contributed by atoms with Crippen molar-refractivity contribution in [2.45, 2.75) is 6.92 Å². The molecule has 7 nitrogen and oxygen atoms in total. The summed E-state index contributed by atoms with van der Waals surface area (Å²) in [6.07, 6.45) is 1.14. The van der Waals surface area contributed by atoms with Gasteiger partial charge in [-0.25, -0.2) is 4.98 Å². The van der Waals surface area contributed by atoms with Gasteiger partial charge in [0.25, 0.3) is 5.69 Å². The van der Waals surface area contributed by atoms with Crippen molar-refractivity contribution in [3.05, 3.63) is 28.4 Å². The van der Waals surface area contributed by atoms with E-state index >= 15 is 0 Å². The number of hydrogen-bond acceptors (Lipinski definition) is 5. The van der Waals surface area contributed by atoms with Crippen LogP contribution in [-0.4, -0.2) is 28.9 Å².